The molecule has 1 aromatic rings. The van der Waals surface area contributed by atoms with Crippen molar-refractivity contribution < 1.29 is 0 Å². The first-order valence-corrected chi connectivity index (χ1v) is 3.82. The summed E-state index contributed by atoms with van der Waals surface area (Å²) in [4.78, 5) is 11.4. The Morgan fingerprint density at radius 1 is 1.45 bits per heavy atom. The molecular weight excluding hydrogens is 138 g/mol. The Morgan fingerprint density at radius 3 is 2.64 bits per heavy atom. The summed E-state index contributed by atoms with van der Waals surface area (Å²) in [7, 11) is 1.80. The summed E-state index contributed by atoms with van der Waals surface area (Å²) < 4.78 is 1.68. The van der Waals surface area contributed by atoms with Crippen molar-refractivity contribution >= 4 is 0 Å². The maximum absolute atomic E-state index is 11.4. The fourth-order valence-corrected chi connectivity index (χ4v) is 1.05. The number of pyridine rings is 1. The number of aryl methyl sites for hydroxylation is 2. The molecule has 0 aromatic carbocycles. The average molecular weight is 151 g/mol. The summed E-state index contributed by atoms with van der Waals surface area (Å²) in [6, 6.07) is 3.87. The molecule has 0 aliphatic carbocycles. The minimum Gasteiger partial charge on any atom is -0.316 e. The summed E-state index contributed by atoms with van der Waals surface area (Å²) >= 11 is 0. The van der Waals surface area contributed by atoms with Crippen LogP contribution in [0.3, 0.4) is 0 Å². The van der Waals surface area contributed by atoms with Crippen molar-refractivity contribution in [3.8, 4) is 0 Å². The van der Waals surface area contributed by atoms with Gasteiger partial charge < -0.3 is 4.57 Å². The molecule has 1 rings (SSSR count). The zero-order chi connectivity index (χ0) is 8.43. The van der Waals surface area contributed by atoms with Crippen molar-refractivity contribution in [2.75, 3.05) is 0 Å². The van der Waals surface area contributed by atoms with Crippen LogP contribution in [0.15, 0.2) is 16.9 Å². The predicted octanol–water partition coefficient (Wildman–Crippen LogP) is 1.26. The molecular formula is C9H13NO. The second kappa shape index (κ2) is 2.91. The quantitative estimate of drug-likeness (QED) is 0.592. The largest absolute Gasteiger partial charge is 0.316 e. The summed E-state index contributed by atoms with van der Waals surface area (Å²) in [5.74, 6) is 0. The van der Waals surface area contributed by atoms with E-state index < -0.39 is 0 Å². The fourth-order valence-electron chi connectivity index (χ4n) is 1.05. The number of nitrogens with zero attached hydrogens (tertiary/aromatic N) is 1. The Kier molecular flexibility index (Phi) is 2.13. The van der Waals surface area contributed by atoms with E-state index in [1.165, 1.54) is 0 Å². The van der Waals surface area contributed by atoms with E-state index in [1.54, 1.807) is 11.6 Å². The SMILES string of the molecule is CCc1ccc(C)n(C)c1=O. The molecule has 60 valence electrons. The number of hydrogen-bond acceptors (Lipinski definition) is 1. The van der Waals surface area contributed by atoms with Crippen LogP contribution < -0.4 is 5.56 Å². The monoisotopic (exact) mass is 151 g/mol. The van der Waals surface area contributed by atoms with Crippen molar-refractivity contribution in [1.29, 1.82) is 0 Å². The van der Waals surface area contributed by atoms with Gasteiger partial charge in [0, 0.05) is 18.3 Å². The van der Waals surface area contributed by atoms with Gasteiger partial charge in [-0.25, -0.2) is 0 Å². The first-order chi connectivity index (χ1) is 5.16. The predicted molar refractivity (Wildman–Crippen MR) is 45.8 cm³/mol. The lowest BCUT2D eigenvalue weighted by atomic mass is 10.2. The maximum atomic E-state index is 11.4. The first kappa shape index (κ1) is 8.05. The van der Waals surface area contributed by atoms with Crippen LogP contribution in [0.4, 0.5) is 0 Å². The van der Waals surface area contributed by atoms with Crippen molar-refractivity contribution in [1.82, 2.24) is 4.57 Å². The molecule has 0 aliphatic heterocycles. The summed E-state index contributed by atoms with van der Waals surface area (Å²) in [5.41, 5.74) is 2.03. The smallest absolute Gasteiger partial charge is 0.253 e. The third-order valence-electron chi connectivity index (χ3n) is 2.02. The molecule has 0 saturated heterocycles. The van der Waals surface area contributed by atoms with Gasteiger partial charge in [0.25, 0.3) is 5.56 Å². The Morgan fingerprint density at radius 2 is 2.09 bits per heavy atom. The average Bonchev–Trinajstić information content (AvgIpc) is 2.01. The van der Waals surface area contributed by atoms with Crippen molar-refractivity contribution in [2.24, 2.45) is 7.05 Å². The molecule has 0 atom stereocenters. The van der Waals surface area contributed by atoms with E-state index in [0.29, 0.717) is 0 Å². The minimum absolute atomic E-state index is 0.132. The van der Waals surface area contributed by atoms with E-state index in [1.807, 2.05) is 26.0 Å². The molecule has 0 fully saturated rings. The molecule has 0 aliphatic rings. The lowest BCUT2D eigenvalue weighted by Gasteiger charge is -2.03. The molecule has 1 aromatic heterocycles. The Labute approximate surface area is 66.5 Å². The zero-order valence-corrected chi connectivity index (χ0v) is 7.22. The van der Waals surface area contributed by atoms with E-state index in [0.717, 1.165) is 17.7 Å². The van der Waals surface area contributed by atoms with Crippen LogP contribution in [0.5, 0.6) is 0 Å². The van der Waals surface area contributed by atoms with Gasteiger partial charge in [0.1, 0.15) is 0 Å². The molecule has 0 amide bonds. The number of aromatic nitrogens is 1. The number of rotatable bonds is 1. The van der Waals surface area contributed by atoms with Crippen molar-refractivity contribution in [3.05, 3.63) is 33.7 Å². The molecule has 11 heavy (non-hydrogen) atoms. The second-order valence-corrected chi connectivity index (χ2v) is 2.72. The summed E-state index contributed by atoms with van der Waals surface area (Å²) in [6.07, 6.45) is 0.812. The van der Waals surface area contributed by atoms with Crippen LogP contribution >= 0.6 is 0 Å². The van der Waals surface area contributed by atoms with E-state index in [2.05, 4.69) is 0 Å². The third kappa shape index (κ3) is 1.34. The van der Waals surface area contributed by atoms with E-state index in [9.17, 15) is 4.79 Å². The van der Waals surface area contributed by atoms with Gasteiger partial charge in [-0.2, -0.15) is 0 Å². The van der Waals surface area contributed by atoms with Gasteiger partial charge in [-0.3, -0.25) is 4.79 Å². The van der Waals surface area contributed by atoms with Crippen LogP contribution in [0, 0.1) is 6.92 Å². The van der Waals surface area contributed by atoms with E-state index >= 15 is 0 Å². The van der Waals surface area contributed by atoms with Crippen molar-refractivity contribution in [2.45, 2.75) is 20.3 Å². The molecule has 0 bridgehead atoms. The highest BCUT2D eigenvalue weighted by Crippen LogP contribution is 1.96. The lowest BCUT2D eigenvalue weighted by Crippen LogP contribution is -2.21. The highest BCUT2D eigenvalue weighted by Gasteiger charge is 1.99. The second-order valence-electron chi connectivity index (χ2n) is 2.72. The minimum atomic E-state index is 0.132. The Hall–Kier alpha value is -1.05. The van der Waals surface area contributed by atoms with Crippen LogP contribution in [0.2, 0.25) is 0 Å². The fraction of sp³-hybridized carbons (Fsp3) is 0.444. The van der Waals surface area contributed by atoms with E-state index in [-0.39, 0.29) is 5.56 Å². The van der Waals surface area contributed by atoms with Crippen LogP contribution in [0.25, 0.3) is 0 Å². The molecule has 2 heteroatoms. The van der Waals surface area contributed by atoms with Gasteiger partial charge in [-0.15, -0.1) is 0 Å². The standard InChI is InChI=1S/C9H13NO/c1-4-8-6-5-7(2)10(3)9(8)11/h5-6H,4H2,1-3H3. The molecule has 0 radical (unpaired) electrons. The summed E-state index contributed by atoms with van der Waals surface area (Å²) in [6.45, 7) is 3.92. The molecule has 0 spiro atoms. The topological polar surface area (TPSA) is 22.0 Å². The molecule has 0 N–H and O–H groups in total. The molecule has 0 unspecified atom stereocenters. The molecule has 0 saturated carbocycles. The summed E-state index contributed by atoms with van der Waals surface area (Å²) in [5, 5.41) is 0. The van der Waals surface area contributed by atoms with Gasteiger partial charge in [-0.1, -0.05) is 13.0 Å². The first-order valence-electron chi connectivity index (χ1n) is 3.82. The molecule has 1 heterocycles. The van der Waals surface area contributed by atoms with Crippen LogP contribution in [-0.4, -0.2) is 4.57 Å². The van der Waals surface area contributed by atoms with Crippen LogP contribution in [0.1, 0.15) is 18.2 Å². The maximum Gasteiger partial charge on any atom is 0.253 e. The Balaban J connectivity index is 3.37. The third-order valence-corrected chi connectivity index (χ3v) is 2.02. The van der Waals surface area contributed by atoms with E-state index in [4.69, 9.17) is 0 Å². The number of hydrogen-bond donors (Lipinski definition) is 0. The van der Waals surface area contributed by atoms with Crippen molar-refractivity contribution in [3.63, 3.8) is 0 Å². The van der Waals surface area contributed by atoms with Gasteiger partial charge >= 0.3 is 0 Å². The van der Waals surface area contributed by atoms with Gasteiger partial charge in [0.15, 0.2) is 0 Å². The van der Waals surface area contributed by atoms with Gasteiger partial charge in [0.05, 0.1) is 0 Å². The van der Waals surface area contributed by atoms with Crippen LogP contribution in [-0.2, 0) is 13.5 Å². The van der Waals surface area contributed by atoms with Gasteiger partial charge in [0.2, 0.25) is 0 Å². The zero-order valence-electron chi connectivity index (χ0n) is 7.22. The Bertz CT molecular complexity index is 312. The lowest BCUT2D eigenvalue weighted by molar-refractivity contribution is 0.798. The van der Waals surface area contributed by atoms with Gasteiger partial charge in [-0.05, 0) is 19.4 Å². The normalized spacial score (nSPS) is 10.1. The molecule has 2 nitrogen and oxygen atoms in total. The highest BCUT2D eigenvalue weighted by molar-refractivity contribution is 5.14. The highest BCUT2D eigenvalue weighted by atomic mass is 16.1.